The van der Waals surface area contributed by atoms with Crippen LogP contribution in [0.25, 0.3) is 0 Å². The number of hydrogen-bond donors (Lipinski definition) is 0. The van der Waals surface area contributed by atoms with Crippen molar-refractivity contribution in [3.05, 3.63) is 48.0 Å². The summed E-state index contributed by atoms with van der Waals surface area (Å²) in [4.78, 5) is 12.2. The summed E-state index contributed by atoms with van der Waals surface area (Å²) < 4.78 is 0. The molecule has 0 saturated carbocycles. The molecule has 0 N–H and O–H groups in total. The third-order valence-corrected chi connectivity index (χ3v) is 2.82. The fraction of sp³-hybridized carbons (Fsp3) is 0.0909. The lowest BCUT2D eigenvalue weighted by molar-refractivity contribution is 0.966. The van der Waals surface area contributed by atoms with Crippen molar-refractivity contribution >= 4 is 11.8 Å². The van der Waals surface area contributed by atoms with Gasteiger partial charge >= 0.3 is 0 Å². The molecule has 0 aromatic carbocycles. The van der Waals surface area contributed by atoms with Gasteiger partial charge in [0.05, 0.1) is 0 Å². The monoisotopic (exact) mass is 228 g/mol. The zero-order valence-corrected chi connectivity index (χ0v) is 9.18. The average Bonchev–Trinajstić information content (AvgIpc) is 2.38. The van der Waals surface area contributed by atoms with Gasteiger partial charge in [0.15, 0.2) is 5.16 Å². The van der Waals surface area contributed by atoms with Crippen LogP contribution in [0.15, 0.2) is 41.9 Å². The minimum Gasteiger partial charge on any atom is -0.245 e. The van der Waals surface area contributed by atoms with E-state index in [0.29, 0.717) is 16.6 Å². The van der Waals surface area contributed by atoms with E-state index in [0.717, 1.165) is 5.56 Å². The molecule has 0 aliphatic carbocycles. The molecule has 0 bridgehead atoms. The number of nitrogens with zero attached hydrogens (tertiary/aromatic N) is 4. The van der Waals surface area contributed by atoms with Crippen molar-refractivity contribution in [2.75, 3.05) is 0 Å². The van der Waals surface area contributed by atoms with Crippen molar-refractivity contribution in [2.45, 2.75) is 10.9 Å². The Kier molecular flexibility index (Phi) is 3.46. The topological polar surface area (TPSA) is 62.5 Å². The summed E-state index contributed by atoms with van der Waals surface area (Å²) in [6.07, 6.45) is 5.01. The van der Waals surface area contributed by atoms with Crippen molar-refractivity contribution < 1.29 is 0 Å². The Morgan fingerprint density at radius 2 is 1.88 bits per heavy atom. The molecule has 2 aromatic rings. The fourth-order valence-electron chi connectivity index (χ4n) is 1.16. The van der Waals surface area contributed by atoms with E-state index < -0.39 is 0 Å². The number of rotatable bonds is 3. The van der Waals surface area contributed by atoms with Crippen molar-refractivity contribution in [3.8, 4) is 6.07 Å². The van der Waals surface area contributed by atoms with E-state index in [2.05, 4.69) is 21.0 Å². The normalized spacial score (nSPS) is 9.69. The number of aromatic nitrogens is 3. The molecular weight excluding hydrogens is 220 g/mol. The number of thioether (sulfide) groups is 1. The molecule has 78 valence electrons. The minimum absolute atomic E-state index is 0.464. The molecule has 2 heterocycles. The second kappa shape index (κ2) is 5.24. The standard InChI is InChI=1S/C11H8N4S/c12-7-10-9(3-1-4-13-10)8-16-11-14-5-2-6-15-11/h1-6H,8H2. The van der Waals surface area contributed by atoms with E-state index in [1.54, 1.807) is 24.7 Å². The summed E-state index contributed by atoms with van der Waals surface area (Å²) in [5, 5.41) is 9.57. The van der Waals surface area contributed by atoms with Gasteiger partial charge in [0, 0.05) is 24.3 Å². The van der Waals surface area contributed by atoms with Gasteiger partial charge < -0.3 is 0 Å². The van der Waals surface area contributed by atoms with E-state index in [1.165, 1.54) is 11.8 Å². The van der Waals surface area contributed by atoms with Crippen molar-refractivity contribution in [1.29, 1.82) is 5.26 Å². The van der Waals surface area contributed by atoms with Gasteiger partial charge in [-0.25, -0.2) is 15.0 Å². The van der Waals surface area contributed by atoms with E-state index >= 15 is 0 Å². The largest absolute Gasteiger partial charge is 0.245 e. The lowest BCUT2D eigenvalue weighted by Crippen LogP contribution is -1.91. The highest BCUT2D eigenvalue weighted by Gasteiger charge is 2.03. The van der Waals surface area contributed by atoms with E-state index in [1.807, 2.05) is 12.1 Å². The molecule has 0 unspecified atom stereocenters. The molecule has 5 heteroatoms. The van der Waals surface area contributed by atoms with Crippen LogP contribution in [-0.2, 0) is 5.75 Å². The molecule has 0 amide bonds. The van der Waals surface area contributed by atoms with Gasteiger partial charge in [-0.15, -0.1) is 0 Å². The average molecular weight is 228 g/mol. The number of hydrogen-bond acceptors (Lipinski definition) is 5. The maximum atomic E-state index is 8.86. The first kappa shape index (κ1) is 10.6. The van der Waals surface area contributed by atoms with Crippen LogP contribution in [0.2, 0.25) is 0 Å². The summed E-state index contributed by atoms with van der Waals surface area (Å²) in [7, 11) is 0. The third kappa shape index (κ3) is 2.55. The van der Waals surface area contributed by atoms with Crippen LogP contribution in [0.4, 0.5) is 0 Å². The highest BCUT2D eigenvalue weighted by atomic mass is 32.2. The summed E-state index contributed by atoms with van der Waals surface area (Å²) >= 11 is 1.49. The molecule has 0 spiro atoms. The van der Waals surface area contributed by atoms with Crippen LogP contribution in [-0.4, -0.2) is 15.0 Å². The maximum Gasteiger partial charge on any atom is 0.187 e. The lowest BCUT2D eigenvalue weighted by Gasteiger charge is -2.01. The predicted molar refractivity (Wildman–Crippen MR) is 60.5 cm³/mol. The van der Waals surface area contributed by atoms with E-state index in [4.69, 9.17) is 5.26 Å². The fourth-order valence-corrected chi connectivity index (χ4v) is 1.95. The molecule has 0 radical (unpaired) electrons. The Labute approximate surface area is 97.4 Å². The summed E-state index contributed by atoms with van der Waals surface area (Å²) in [5.74, 6) is 0.654. The molecule has 2 aromatic heterocycles. The van der Waals surface area contributed by atoms with E-state index in [9.17, 15) is 0 Å². The first-order valence-corrected chi connectivity index (χ1v) is 5.62. The zero-order chi connectivity index (χ0) is 11.2. The molecule has 0 fully saturated rings. The number of pyridine rings is 1. The van der Waals surface area contributed by atoms with E-state index in [-0.39, 0.29) is 0 Å². The van der Waals surface area contributed by atoms with Crippen molar-refractivity contribution in [2.24, 2.45) is 0 Å². The maximum absolute atomic E-state index is 8.86. The Balaban J connectivity index is 2.09. The Morgan fingerprint density at radius 3 is 2.62 bits per heavy atom. The molecule has 0 atom stereocenters. The molecule has 4 nitrogen and oxygen atoms in total. The van der Waals surface area contributed by atoms with Crippen LogP contribution in [0.1, 0.15) is 11.3 Å². The van der Waals surface area contributed by atoms with Crippen LogP contribution in [0, 0.1) is 11.3 Å². The SMILES string of the molecule is N#Cc1ncccc1CSc1ncccn1. The Hall–Kier alpha value is -1.93. The minimum atomic E-state index is 0.464. The second-order valence-corrected chi connectivity index (χ2v) is 3.89. The van der Waals surface area contributed by atoms with Gasteiger partial charge in [-0.1, -0.05) is 17.8 Å². The van der Waals surface area contributed by atoms with Gasteiger partial charge in [0.25, 0.3) is 0 Å². The molecule has 16 heavy (non-hydrogen) atoms. The molecule has 0 aliphatic heterocycles. The highest BCUT2D eigenvalue weighted by molar-refractivity contribution is 7.98. The van der Waals surface area contributed by atoms with Crippen molar-refractivity contribution in [3.63, 3.8) is 0 Å². The zero-order valence-electron chi connectivity index (χ0n) is 8.37. The highest BCUT2D eigenvalue weighted by Crippen LogP contribution is 2.19. The van der Waals surface area contributed by atoms with Gasteiger partial charge in [0.1, 0.15) is 11.8 Å². The quantitative estimate of drug-likeness (QED) is 0.594. The lowest BCUT2D eigenvalue weighted by atomic mass is 10.2. The third-order valence-electron chi connectivity index (χ3n) is 1.90. The predicted octanol–water partition coefficient (Wildman–Crippen LogP) is 2.04. The second-order valence-electron chi connectivity index (χ2n) is 2.94. The van der Waals surface area contributed by atoms with Crippen LogP contribution in [0.5, 0.6) is 0 Å². The summed E-state index contributed by atoms with van der Waals surface area (Å²) in [5.41, 5.74) is 1.37. The van der Waals surface area contributed by atoms with Gasteiger partial charge in [-0.2, -0.15) is 5.26 Å². The summed E-state index contributed by atoms with van der Waals surface area (Å²) in [6.45, 7) is 0. The van der Waals surface area contributed by atoms with Crippen molar-refractivity contribution in [1.82, 2.24) is 15.0 Å². The summed E-state index contributed by atoms with van der Waals surface area (Å²) in [6, 6.07) is 7.55. The molecule has 2 rings (SSSR count). The molecule has 0 saturated heterocycles. The van der Waals surface area contributed by atoms with Gasteiger partial charge in [-0.3, -0.25) is 0 Å². The molecular formula is C11H8N4S. The van der Waals surface area contributed by atoms with Gasteiger partial charge in [-0.05, 0) is 17.7 Å². The first-order valence-electron chi connectivity index (χ1n) is 4.64. The first-order chi connectivity index (χ1) is 7.90. The van der Waals surface area contributed by atoms with Crippen LogP contribution >= 0.6 is 11.8 Å². The number of nitriles is 1. The molecule has 0 aliphatic rings. The van der Waals surface area contributed by atoms with Crippen LogP contribution < -0.4 is 0 Å². The van der Waals surface area contributed by atoms with Crippen LogP contribution in [0.3, 0.4) is 0 Å². The Bertz CT molecular complexity index is 507. The Morgan fingerprint density at radius 1 is 1.12 bits per heavy atom. The smallest absolute Gasteiger partial charge is 0.187 e. The van der Waals surface area contributed by atoms with Gasteiger partial charge in [0.2, 0.25) is 0 Å².